The molecule has 0 saturated carbocycles. The van der Waals surface area contributed by atoms with Crippen LogP contribution in [0.4, 0.5) is 0 Å². The van der Waals surface area contributed by atoms with Crippen molar-refractivity contribution in [2.24, 2.45) is 11.5 Å². The van der Waals surface area contributed by atoms with Crippen molar-refractivity contribution in [1.29, 1.82) is 0 Å². The molecule has 0 aromatic carbocycles. The summed E-state index contributed by atoms with van der Waals surface area (Å²) in [4.78, 5) is 199. The van der Waals surface area contributed by atoms with Crippen molar-refractivity contribution in [3.63, 3.8) is 0 Å². The van der Waals surface area contributed by atoms with Crippen molar-refractivity contribution < 1.29 is 95.7 Å². The van der Waals surface area contributed by atoms with E-state index in [-0.39, 0.29) is 13.1 Å². The largest absolute Gasteiger partial charge is 0.468 e. The number of methoxy groups -OCH3 is 4. The van der Waals surface area contributed by atoms with Gasteiger partial charge in [-0.05, 0) is 0 Å². The molecule has 34 heteroatoms. The molecule has 0 spiro atoms. The molecule has 0 radical (unpaired) electrons. The second kappa shape index (κ2) is 35.5. The lowest BCUT2D eigenvalue weighted by atomic mass is 10.3. The SMILES string of the molecule is COC(=O)CN(CC(=O)NCCNC(=O)CN(CC(=O)OC)C(=O)CNC(=O)CNC(=O)CN(CC(=O)OC)C(=O)CNC(=O)CN)C(=O)CNC(=O)CNC(=O)CN(CC(=O)OC)C(=O)CNC(=O)CN. The van der Waals surface area contributed by atoms with E-state index in [2.05, 4.69) is 61.5 Å². The molecule has 0 saturated heterocycles. The summed E-state index contributed by atoms with van der Waals surface area (Å²) < 4.78 is 18.1. The highest BCUT2D eigenvalue weighted by Gasteiger charge is 2.26. The summed E-state index contributed by atoms with van der Waals surface area (Å²) in [6, 6.07) is 0. The third kappa shape index (κ3) is 28.7. The molecule has 34 nitrogen and oxygen atoms in total. The van der Waals surface area contributed by atoms with Crippen molar-refractivity contribution in [1.82, 2.24) is 62.1 Å². The van der Waals surface area contributed by atoms with Gasteiger partial charge >= 0.3 is 23.9 Å². The molecule has 12 amide bonds. The molecule has 0 aliphatic carbocycles. The second-order valence-corrected chi connectivity index (χ2v) is 14.1. The first-order valence-corrected chi connectivity index (χ1v) is 20.9. The molecule has 12 N–H and O–H groups in total. The number of esters is 4. The van der Waals surface area contributed by atoms with Crippen molar-refractivity contribution in [2.45, 2.75) is 0 Å². The van der Waals surface area contributed by atoms with Gasteiger partial charge in [-0.15, -0.1) is 0 Å². The van der Waals surface area contributed by atoms with Gasteiger partial charge in [0.2, 0.25) is 70.9 Å². The van der Waals surface area contributed by atoms with Gasteiger partial charge in [0.25, 0.3) is 0 Å². The predicted molar refractivity (Wildman–Crippen MR) is 237 cm³/mol. The van der Waals surface area contributed by atoms with Gasteiger partial charge in [-0.1, -0.05) is 0 Å². The van der Waals surface area contributed by atoms with Gasteiger partial charge < -0.3 is 92.5 Å². The normalized spacial score (nSPS) is 10.0. The Labute approximate surface area is 409 Å². The van der Waals surface area contributed by atoms with E-state index in [1.54, 1.807) is 0 Å². The zero-order chi connectivity index (χ0) is 54.8. The summed E-state index contributed by atoms with van der Waals surface area (Å²) in [5.74, 6) is -14.2. The monoisotopic (exact) mass is 1030 g/mol. The molecule has 0 aliphatic heterocycles. The van der Waals surface area contributed by atoms with E-state index >= 15 is 0 Å². The molecule has 0 bridgehead atoms. The molecule has 0 aliphatic rings. The molecule has 0 heterocycles. The number of hydrogen-bond acceptors (Lipinski definition) is 22. The summed E-state index contributed by atoms with van der Waals surface area (Å²) in [5, 5.41) is 17.8. The van der Waals surface area contributed by atoms with Gasteiger partial charge in [-0.25, -0.2) is 0 Å². The minimum Gasteiger partial charge on any atom is -0.468 e. The van der Waals surface area contributed by atoms with E-state index in [0.29, 0.717) is 9.80 Å². The van der Waals surface area contributed by atoms with Crippen LogP contribution in [-0.4, -0.2) is 261 Å². The van der Waals surface area contributed by atoms with Gasteiger partial charge in [0.15, 0.2) is 0 Å². The first-order chi connectivity index (χ1) is 34.0. The highest BCUT2D eigenvalue weighted by atomic mass is 16.5. The van der Waals surface area contributed by atoms with E-state index in [1.165, 1.54) is 0 Å². The Hall–Kier alpha value is -8.56. The maximum atomic E-state index is 12.9. The van der Waals surface area contributed by atoms with Gasteiger partial charge in [0.1, 0.15) is 52.4 Å². The third-order valence-electron chi connectivity index (χ3n) is 8.72. The molecule has 402 valence electrons. The minimum atomic E-state index is -0.963. The molecular formula is C38H60N14O20. The van der Waals surface area contributed by atoms with Gasteiger partial charge in [0.05, 0.1) is 80.8 Å². The molecule has 0 rings (SSSR count). The summed E-state index contributed by atoms with van der Waals surface area (Å²) in [6.45, 7) is -11.5. The first kappa shape index (κ1) is 63.4. The van der Waals surface area contributed by atoms with Crippen molar-refractivity contribution in [3.8, 4) is 0 Å². The third-order valence-corrected chi connectivity index (χ3v) is 8.72. The van der Waals surface area contributed by atoms with Crippen LogP contribution < -0.4 is 54.0 Å². The Balaban J connectivity index is 5.19. The van der Waals surface area contributed by atoms with E-state index in [1.807, 2.05) is 0 Å². The first-order valence-electron chi connectivity index (χ1n) is 20.9. The summed E-state index contributed by atoms with van der Waals surface area (Å²) >= 11 is 0. The Morgan fingerprint density at radius 1 is 0.292 bits per heavy atom. The van der Waals surface area contributed by atoms with Crippen LogP contribution in [0, 0.1) is 0 Å². The zero-order valence-electron chi connectivity index (χ0n) is 39.8. The van der Waals surface area contributed by atoms with Crippen LogP contribution in [0.3, 0.4) is 0 Å². The van der Waals surface area contributed by atoms with Crippen molar-refractivity contribution in [3.05, 3.63) is 0 Å². The average Bonchev–Trinajstić information content (AvgIpc) is 3.36. The lowest BCUT2D eigenvalue weighted by molar-refractivity contribution is -0.148. The fourth-order valence-electron chi connectivity index (χ4n) is 4.90. The lowest BCUT2D eigenvalue weighted by Crippen LogP contribution is -2.51. The van der Waals surface area contributed by atoms with Gasteiger partial charge in [-0.2, -0.15) is 0 Å². The summed E-state index contributed by atoms with van der Waals surface area (Å²) in [5.41, 5.74) is 10.3. The summed E-state index contributed by atoms with van der Waals surface area (Å²) in [6.07, 6.45) is 0. The van der Waals surface area contributed by atoms with Crippen LogP contribution in [0.5, 0.6) is 0 Å². The number of carbonyl (C=O) groups excluding carboxylic acids is 16. The number of rotatable bonds is 33. The van der Waals surface area contributed by atoms with E-state index in [4.69, 9.17) is 11.5 Å². The van der Waals surface area contributed by atoms with Crippen LogP contribution >= 0.6 is 0 Å². The van der Waals surface area contributed by atoms with Crippen molar-refractivity contribution >= 4 is 94.8 Å². The molecular weight excluding hydrogens is 972 g/mol. The average molecular weight is 1030 g/mol. The number of nitrogens with two attached hydrogens (primary N) is 2. The molecule has 72 heavy (non-hydrogen) atoms. The van der Waals surface area contributed by atoms with E-state index in [9.17, 15) is 76.7 Å². The molecule has 0 aromatic rings. The minimum absolute atomic E-state index is 0.279. The topological polar surface area (TPSA) is 471 Å². The van der Waals surface area contributed by atoms with Crippen molar-refractivity contribution in [2.75, 3.05) is 146 Å². The highest BCUT2D eigenvalue weighted by Crippen LogP contribution is 1.96. The van der Waals surface area contributed by atoms with E-state index in [0.717, 1.165) is 38.2 Å². The second-order valence-electron chi connectivity index (χ2n) is 14.1. The number of hydrogen-bond donors (Lipinski definition) is 10. The van der Waals surface area contributed by atoms with Crippen LogP contribution in [-0.2, 0) is 95.7 Å². The summed E-state index contributed by atoms with van der Waals surface area (Å²) in [7, 11) is 4.07. The van der Waals surface area contributed by atoms with Gasteiger partial charge in [-0.3, -0.25) is 76.7 Å². The van der Waals surface area contributed by atoms with Gasteiger partial charge in [0, 0.05) is 13.1 Å². The number of ether oxygens (including phenoxy) is 4. The standard InChI is InChI=1S/C38H60N14O20/c1-69-35(65)19-49(33(63)13-47-25(55)9-43-29(59)17-51(21-37(67)71-3)31(61)11-45-23(53)7-39)15-27(57)41-5-6-42-28(58)16-50(20-36(66)70-2)34(64)14-48-26(56)10-44-30(60)18-52(22-38(68)72-4)32(62)12-46-24(54)8-40/h5-22,39-40H2,1-4H3,(H,41,57)(H,42,58)(H,43,59)(H,44,60)(H,45,53)(H,46,54)(H,47,55)(H,48,56). The Morgan fingerprint density at radius 3 is 0.722 bits per heavy atom. The highest BCUT2D eigenvalue weighted by molar-refractivity contribution is 5.95. The quantitative estimate of drug-likeness (QED) is 0.0166. The zero-order valence-corrected chi connectivity index (χ0v) is 39.8. The fraction of sp³-hybridized carbons (Fsp3) is 0.579. The van der Waals surface area contributed by atoms with Crippen LogP contribution in [0.25, 0.3) is 0 Å². The maximum Gasteiger partial charge on any atom is 0.325 e. The Morgan fingerprint density at radius 2 is 0.500 bits per heavy atom. The Kier molecular flexibility index (Phi) is 31.3. The number of carbonyl (C=O) groups is 16. The smallest absolute Gasteiger partial charge is 0.325 e. The molecule has 0 atom stereocenters. The molecule has 0 aromatic heterocycles. The number of amides is 12. The molecule has 0 unspecified atom stereocenters. The Bertz CT molecular complexity index is 1870. The number of nitrogens with zero attached hydrogens (tertiary/aromatic N) is 4. The maximum absolute atomic E-state index is 12.9. The van der Waals surface area contributed by atoms with Crippen LogP contribution in [0.1, 0.15) is 0 Å². The van der Waals surface area contributed by atoms with E-state index < -0.39 is 199 Å². The lowest BCUT2D eigenvalue weighted by Gasteiger charge is -2.22. The predicted octanol–water partition coefficient (Wildman–Crippen LogP) is -12.2. The number of nitrogens with one attached hydrogen (secondary N) is 8. The fourth-order valence-corrected chi connectivity index (χ4v) is 4.90. The van der Waals surface area contributed by atoms with Crippen LogP contribution in [0.15, 0.2) is 0 Å². The molecule has 0 fully saturated rings. The van der Waals surface area contributed by atoms with Crippen LogP contribution in [0.2, 0.25) is 0 Å².